The van der Waals surface area contributed by atoms with Crippen molar-refractivity contribution in [2.24, 2.45) is 0 Å². The van der Waals surface area contributed by atoms with Crippen molar-refractivity contribution in [2.75, 3.05) is 11.9 Å². The summed E-state index contributed by atoms with van der Waals surface area (Å²) in [6.45, 7) is 1.97. The summed E-state index contributed by atoms with van der Waals surface area (Å²) in [5.74, 6) is -0.901. The highest BCUT2D eigenvalue weighted by atomic mass is 16.5. The fourth-order valence-electron chi connectivity index (χ4n) is 3.50. The molecule has 0 saturated heterocycles. The first kappa shape index (κ1) is 19.5. The molecule has 0 aliphatic carbocycles. The summed E-state index contributed by atoms with van der Waals surface area (Å²) in [6, 6.07) is 22.6. The lowest BCUT2D eigenvalue weighted by atomic mass is 10.0. The number of carboxylic acid groups (broad SMARTS) is 1. The molecule has 0 saturated carbocycles. The summed E-state index contributed by atoms with van der Waals surface area (Å²) < 4.78 is 5.16. The van der Waals surface area contributed by atoms with Crippen LogP contribution in [-0.4, -0.2) is 23.4 Å². The van der Waals surface area contributed by atoms with E-state index in [1.54, 1.807) is 17.0 Å². The molecule has 6 nitrogen and oxygen atoms in total. The second kappa shape index (κ2) is 8.29. The molecular weight excluding hydrogens is 380 g/mol. The van der Waals surface area contributed by atoms with Crippen LogP contribution in [0.2, 0.25) is 0 Å². The molecule has 1 atom stereocenters. The molecule has 0 radical (unpaired) electrons. The van der Waals surface area contributed by atoms with Crippen molar-refractivity contribution in [3.8, 4) is 5.75 Å². The second-order valence-corrected chi connectivity index (χ2v) is 7.24. The molecule has 4 rings (SSSR count). The van der Waals surface area contributed by atoms with Crippen LogP contribution in [0.1, 0.15) is 33.2 Å². The van der Waals surface area contributed by atoms with E-state index in [1.165, 1.54) is 0 Å². The molecule has 1 heterocycles. The zero-order chi connectivity index (χ0) is 21.1. The summed E-state index contributed by atoms with van der Waals surface area (Å²) in [5.41, 5.74) is 4.48. The first-order valence-corrected chi connectivity index (χ1v) is 9.66. The largest absolute Gasteiger partial charge is 0.546 e. The highest BCUT2D eigenvalue weighted by Gasteiger charge is 2.32. The van der Waals surface area contributed by atoms with Crippen LogP contribution >= 0.6 is 0 Å². The van der Waals surface area contributed by atoms with Crippen molar-refractivity contribution in [1.82, 2.24) is 4.90 Å². The molecule has 0 spiro atoms. The fourth-order valence-corrected chi connectivity index (χ4v) is 3.50. The Balaban J connectivity index is 1.65. The van der Waals surface area contributed by atoms with E-state index in [9.17, 15) is 14.7 Å². The van der Waals surface area contributed by atoms with Gasteiger partial charge in [0.2, 0.25) is 0 Å². The van der Waals surface area contributed by atoms with Crippen LogP contribution in [0.5, 0.6) is 5.75 Å². The number of carbonyl (C=O) groups is 2. The summed E-state index contributed by atoms with van der Waals surface area (Å²) in [6.07, 6.45) is -0.371. The van der Waals surface area contributed by atoms with Gasteiger partial charge in [0.1, 0.15) is 18.5 Å². The molecule has 1 aliphatic heterocycles. The number of anilines is 1. The van der Waals surface area contributed by atoms with Gasteiger partial charge in [0.15, 0.2) is 0 Å². The molecule has 0 fully saturated rings. The van der Waals surface area contributed by atoms with Gasteiger partial charge in [-0.25, -0.2) is 0 Å². The van der Waals surface area contributed by atoms with Gasteiger partial charge in [0.05, 0.1) is 11.5 Å². The average Bonchev–Trinajstić information content (AvgIpc) is 2.76. The average molecular weight is 401 g/mol. The maximum Gasteiger partial charge on any atom is 0.258 e. The number of nitrogens with one attached hydrogen (secondary N) is 1. The zero-order valence-electron chi connectivity index (χ0n) is 16.5. The summed E-state index contributed by atoms with van der Waals surface area (Å²) >= 11 is 0. The number of ether oxygens (including phenoxy) is 1. The van der Waals surface area contributed by atoms with Crippen LogP contribution in [0.25, 0.3) is 0 Å². The minimum Gasteiger partial charge on any atom is -0.546 e. The van der Waals surface area contributed by atoms with Crippen molar-refractivity contribution >= 4 is 17.6 Å². The van der Waals surface area contributed by atoms with Gasteiger partial charge in [0.25, 0.3) is 5.91 Å². The van der Waals surface area contributed by atoms with Gasteiger partial charge in [-0.15, -0.1) is 0 Å². The summed E-state index contributed by atoms with van der Waals surface area (Å²) in [7, 11) is 0. The number of amides is 1. The predicted molar refractivity (Wildman–Crippen MR) is 111 cm³/mol. The van der Waals surface area contributed by atoms with Gasteiger partial charge in [-0.3, -0.25) is 4.79 Å². The fraction of sp³-hybridized carbons (Fsp3) is 0.167. The monoisotopic (exact) mass is 401 g/mol. The van der Waals surface area contributed by atoms with E-state index in [0.29, 0.717) is 17.9 Å². The Hall–Kier alpha value is -3.80. The van der Waals surface area contributed by atoms with E-state index < -0.39 is 12.6 Å². The molecule has 6 heteroatoms. The number of aliphatic carboxylic acids is 1. The lowest BCUT2D eigenvalue weighted by Gasteiger charge is -2.38. The Labute approximate surface area is 174 Å². The second-order valence-electron chi connectivity index (χ2n) is 7.24. The molecule has 0 aromatic heterocycles. The zero-order valence-corrected chi connectivity index (χ0v) is 16.5. The van der Waals surface area contributed by atoms with Gasteiger partial charge >= 0.3 is 0 Å². The minimum absolute atomic E-state index is 0.0489. The smallest absolute Gasteiger partial charge is 0.258 e. The Morgan fingerprint density at radius 3 is 2.43 bits per heavy atom. The number of rotatable bonds is 6. The lowest BCUT2D eigenvalue weighted by Crippen LogP contribution is -2.42. The van der Waals surface area contributed by atoms with E-state index >= 15 is 0 Å². The first-order chi connectivity index (χ1) is 14.5. The van der Waals surface area contributed by atoms with Crippen LogP contribution in [-0.2, 0) is 11.3 Å². The number of hydrogen-bond acceptors (Lipinski definition) is 5. The molecule has 0 bridgehead atoms. The Kier molecular flexibility index (Phi) is 5.39. The van der Waals surface area contributed by atoms with Crippen LogP contribution in [0.4, 0.5) is 5.69 Å². The SMILES string of the molecule is Cc1ccc(CN2C(=O)c3ccccc3N[C@@H]2c2ccc(OCC(=O)[O-])cc2)cc1. The van der Waals surface area contributed by atoms with E-state index in [2.05, 4.69) is 5.32 Å². The molecule has 152 valence electrons. The summed E-state index contributed by atoms with van der Waals surface area (Å²) in [5, 5.41) is 14.0. The van der Waals surface area contributed by atoms with Crippen molar-refractivity contribution in [1.29, 1.82) is 0 Å². The number of carbonyl (C=O) groups excluding carboxylic acids is 2. The van der Waals surface area contributed by atoms with Crippen LogP contribution in [0.15, 0.2) is 72.8 Å². The van der Waals surface area contributed by atoms with Crippen LogP contribution in [0, 0.1) is 6.92 Å². The van der Waals surface area contributed by atoms with Crippen LogP contribution in [0.3, 0.4) is 0 Å². The number of hydrogen-bond donors (Lipinski definition) is 1. The first-order valence-electron chi connectivity index (χ1n) is 9.66. The van der Waals surface area contributed by atoms with Gasteiger partial charge in [0, 0.05) is 12.2 Å². The third-order valence-corrected chi connectivity index (χ3v) is 5.05. The Bertz CT molecular complexity index is 1060. The number of nitrogens with zero attached hydrogens (tertiary/aromatic N) is 1. The highest BCUT2D eigenvalue weighted by Crippen LogP contribution is 2.34. The Morgan fingerprint density at radius 2 is 1.73 bits per heavy atom. The van der Waals surface area contributed by atoms with Crippen molar-refractivity contribution in [3.05, 3.63) is 95.1 Å². The number of aryl methyl sites for hydroxylation is 1. The van der Waals surface area contributed by atoms with Gasteiger partial charge in [-0.05, 0) is 42.3 Å². The maximum absolute atomic E-state index is 13.3. The number of para-hydroxylation sites is 1. The lowest BCUT2D eigenvalue weighted by molar-refractivity contribution is -0.307. The molecule has 1 amide bonds. The number of fused-ring (bicyclic) bond motifs is 1. The molecular formula is C24H21N2O4-. The van der Waals surface area contributed by atoms with E-state index in [1.807, 2.05) is 67.6 Å². The predicted octanol–water partition coefficient (Wildman–Crippen LogP) is 2.89. The highest BCUT2D eigenvalue weighted by molar-refractivity contribution is 6.01. The maximum atomic E-state index is 13.3. The van der Waals surface area contributed by atoms with Crippen molar-refractivity contribution < 1.29 is 19.4 Å². The van der Waals surface area contributed by atoms with Gasteiger partial charge in [-0.2, -0.15) is 0 Å². The molecule has 30 heavy (non-hydrogen) atoms. The van der Waals surface area contributed by atoms with E-state index in [0.717, 1.165) is 22.4 Å². The number of carboxylic acids is 1. The normalized spacial score (nSPS) is 15.3. The minimum atomic E-state index is -1.28. The molecule has 3 aromatic carbocycles. The molecule has 3 aromatic rings. The third-order valence-electron chi connectivity index (χ3n) is 5.05. The Morgan fingerprint density at radius 1 is 1.03 bits per heavy atom. The molecule has 0 unspecified atom stereocenters. The van der Waals surface area contributed by atoms with Crippen molar-refractivity contribution in [3.63, 3.8) is 0 Å². The summed E-state index contributed by atoms with van der Waals surface area (Å²) in [4.78, 5) is 25.7. The van der Waals surface area contributed by atoms with Gasteiger partial charge in [-0.1, -0.05) is 54.1 Å². The van der Waals surface area contributed by atoms with Gasteiger partial charge < -0.3 is 24.9 Å². The molecule has 1 N–H and O–H groups in total. The number of benzene rings is 3. The van der Waals surface area contributed by atoms with E-state index in [-0.39, 0.29) is 12.1 Å². The van der Waals surface area contributed by atoms with E-state index in [4.69, 9.17) is 4.74 Å². The quantitative estimate of drug-likeness (QED) is 0.687. The van der Waals surface area contributed by atoms with Crippen molar-refractivity contribution in [2.45, 2.75) is 19.6 Å². The standard InChI is InChI=1S/C24H22N2O4/c1-16-6-8-17(9-7-16)14-26-23(25-21-5-3-2-4-20(21)24(26)29)18-10-12-19(13-11-18)30-15-22(27)28/h2-13,23,25H,14-15H2,1H3,(H,27,28)/p-1/t23-/m0/s1. The molecule has 1 aliphatic rings. The third kappa shape index (κ3) is 4.12. The topological polar surface area (TPSA) is 81.7 Å². The van der Waals surface area contributed by atoms with Crippen LogP contribution < -0.4 is 15.2 Å².